The minimum Gasteiger partial charge on any atom is -0.324 e. The summed E-state index contributed by atoms with van der Waals surface area (Å²) in [4.78, 5) is 1.30. The van der Waals surface area contributed by atoms with E-state index in [4.69, 9.17) is 5.73 Å². The van der Waals surface area contributed by atoms with Crippen LogP contribution in [0, 0.1) is 5.92 Å². The fraction of sp³-hybridized carbons (Fsp3) is 0.538. The Morgan fingerprint density at radius 2 is 1.81 bits per heavy atom. The summed E-state index contributed by atoms with van der Waals surface area (Å²) in [5.41, 5.74) is 7.03. The van der Waals surface area contributed by atoms with E-state index in [0.29, 0.717) is 11.2 Å². The molecular weight excluding hydrogens is 282 g/mol. The molecule has 1 nitrogen and oxygen atoms in total. The van der Waals surface area contributed by atoms with Crippen LogP contribution in [0.15, 0.2) is 27.6 Å². The van der Waals surface area contributed by atoms with Crippen molar-refractivity contribution in [1.29, 1.82) is 0 Å². The van der Waals surface area contributed by atoms with Gasteiger partial charge in [0.15, 0.2) is 0 Å². The first-order chi connectivity index (χ1) is 7.41. The smallest absolute Gasteiger partial charge is 0.0314 e. The number of hydrogen-bond acceptors (Lipinski definition) is 2. The lowest BCUT2D eigenvalue weighted by atomic mass is 10.1. The summed E-state index contributed by atoms with van der Waals surface area (Å²) in [5.74, 6) is 0.685. The van der Waals surface area contributed by atoms with E-state index < -0.39 is 0 Å². The number of thioether (sulfide) groups is 1. The summed E-state index contributed by atoms with van der Waals surface area (Å²) >= 11 is 5.53. The molecular formula is C13H20BrNS. The first kappa shape index (κ1) is 14.1. The molecule has 0 aliphatic carbocycles. The Morgan fingerprint density at radius 3 is 2.25 bits per heavy atom. The number of hydrogen-bond donors (Lipinski definition) is 1. The standard InChI is InChI=1S/C13H20BrNS/c1-8(2)10(4)16-13-6-5-11(9(3)15)7-12(13)14/h5-10H,15H2,1-4H3/t9-,10?/m1/s1. The van der Waals surface area contributed by atoms with E-state index in [2.05, 4.69) is 54.9 Å². The number of nitrogens with two attached hydrogens (primary N) is 1. The van der Waals surface area contributed by atoms with Gasteiger partial charge in [0, 0.05) is 20.7 Å². The number of benzene rings is 1. The zero-order valence-corrected chi connectivity index (χ0v) is 12.7. The van der Waals surface area contributed by atoms with Crippen LogP contribution in [0.1, 0.15) is 39.3 Å². The van der Waals surface area contributed by atoms with Gasteiger partial charge >= 0.3 is 0 Å². The van der Waals surface area contributed by atoms with E-state index >= 15 is 0 Å². The van der Waals surface area contributed by atoms with E-state index in [1.54, 1.807) is 0 Å². The van der Waals surface area contributed by atoms with E-state index in [1.165, 1.54) is 10.5 Å². The average molecular weight is 302 g/mol. The highest BCUT2D eigenvalue weighted by atomic mass is 79.9. The van der Waals surface area contributed by atoms with E-state index in [9.17, 15) is 0 Å². The molecule has 0 amide bonds. The molecule has 0 radical (unpaired) electrons. The molecule has 2 N–H and O–H groups in total. The molecule has 90 valence electrons. The minimum atomic E-state index is 0.0953. The minimum absolute atomic E-state index is 0.0953. The highest BCUT2D eigenvalue weighted by Crippen LogP contribution is 2.34. The SMILES string of the molecule is CC(C)C(C)Sc1ccc([C@@H](C)N)cc1Br. The predicted octanol–water partition coefficient (Wildman–Crippen LogP) is 4.61. The Morgan fingerprint density at radius 1 is 1.19 bits per heavy atom. The summed E-state index contributed by atoms with van der Waals surface area (Å²) in [6, 6.07) is 6.50. The monoisotopic (exact) mass is 301 g/mol. The molecule has 0 saturated carbocycles. The van der Waals surface area contributed by atoms with Crippen LogP contribution in [-0.2, 0) is 0 Å². The third-order valence-corrected chi connectivity index (χ3v) is 5.18. The van der Waals surface area contributed by atoms with Crippen LogP contribution in [0.5, 0.6) is 0 Å². The first-order valence-electron chi connectivity index (χ1n) is 5.63. The number of halogens is 1. The molecule has 0 saturated heterocycles. The Bertz CT molecular complexity index is 350. The molecule has 3 heteroatoms. The van der Waals surface area contributed by atoms with Gasteiger partial charge in [-0.2, -0.15) is 0 Å². The lowest BCUT2D eigenvalue weighted by molar-refractivity contribution is 0.642. The van der Waals surface area contributed by atoms with Crippen molar-refractivity contribution in [1.82, 2.24) is 0 Å². The van der Waals surface area contributed by atoms with Crippen molar-refractivity contribution in [2.24, 2.45) is 11.7 Å². The summed E-state index contributed by atoms with van der Waals surface area (Å²) in [6.07, 6.45) is 0. The van der Waals surface area contributed by atoms with Crippen LogP contribution >= 0.6 is 27.7 Å². The fourth-order valence-corrected chi connectivity index (χ4v) is 2.90. The van der Waals surface area contributed by atoms with E-state index in [0.717, 1.165) is 4.47 Å². The molecule has 1 unspecified atom stereocenters. The van der Waals surface area contributed by atoms with Gasteiger partial charge < -0.3 is 5.73 Å². The van der Waals surface area contributed by atoms with Crippen molar-refractivity contribution >= 4 is 27.7 Å². The van der Waals surface area contributed by atoms with Crippen molar-refractivity contribution in [3.8, 4) is 0 Å². The molecule has 16 heavy (non-hydrogen) atoms. The first-order valence-corrected chi connectivity index (χ1v) is 7.30. The van der Waals surface area contributed by atoms with Crippen molar-refractivity contribution in [2.45, 2.75) is 43.9 Å². The highest BCUT2D eigenvalue weighted by Gasteiger charge is 2.11. The zero-order chi connectivity index (χ0) is 12.3. The Labute approximate surface area is 111 Å². The number of rotatable bonds is 4. The maximum absolute atomic E-state index is 5.85. The second kappa shape index (κ2) is 6.08. The molecule has 0 spiro atoms. The summed E-state index contributed by atoms with van der Waals surface area (Å²) in [5, 5.41) is 0.623. The van der Waals surface area contributed by atoms with E-state index in [-0.39, 0.29) is 6.04 Å². The van der Waals surface area contributed by atoms with Gasteiger partial charge in [0.1, 0.15) is 0 Å². The van der Waals surface area contributed by atoms with Crippen molar-refractivity contribution < 1.29 is 0 Å². The van der Waals surface area contributed by atoms with Gasteiger partial charge in [-0.1, -0.05) is 26.8 Å². The van der Waals surface area contributed by atoms with E-state index in [1.807, 2.05) is 18.7 Å². The van der Waals surface area contributed by atoms with Gasteiger partial charge in [0.2, 0.25) is 0 Å². The van der Waals surface area contributed by atoms with Gasteiger partial charge in [0.05, 0.1) is 0 Å². The average Bonchev–Trinajstić information content (AvgIpc) is 2.20. The van der Waals surface area contributed by atoms with Gasteiger partial charge in [-0.15, -0.1) is 11.8 Å². The third kappa shape index (κ3) is 3.79. The van der Waals surface area contributed by atoms with Crippen molar-refractivity contribution in [3.63, 3.8) is 0 Å². The van der Waals surface area contributed by atoms with Crippen LogP contribution in [0.3, 0.4) is 0 Å². The molecule has 0 heterocycles. The Kier molecular flexibility index (Phi) is 5.35. The predicted molar refractivity (Wildman–Crippen MR) is 76.9 cm³/mol. The molecule has 1 rings (SSSR count). The fourth-order valence-electron chi connectivity index (χ4n) is 1.23. The molecule has 1 aromatic carbocycles. The van der Waals surface area contributed by atoms with Gasteiger partial charge in [-0.25, -0.2) is 0 Å². The molecule has 2 atom stereocenters. The second-order valence-electron chi connectivity index (χ2n) is 4.55. The van der Waals surface area contributed by atoms with Crippen LogP contribution in [-0.4, -0.2) is 5.25 Å². The third-order valence-electron chi connectivity index (χ3n) is 2.73. The largest absolute Gasteiger partial charge is 0.324 e. The van der Waals surface area contributed by atoms with Gasteiger partial charge in [0.25, 0.3) is 0 Å². The maximum atomic E-state index is 5.85. The Hall–Kier alpha value is 0.01000. The van der Waals surface area contributed by atoms with Crippen LogP contribution < -0.4 is 5.73 Å². The van der Waals surface area contributed by atoms with Crippen LogP contribution in [0.2, 0.25) is 0 Å². The quantitative estimate of drug-likeness (QED) is 0.822. The lowest BCUT2D eigenvalue weighted by Crippen LogP contribution is -2.06. The van der Waals surface area contributed by atoms with Crippen LogP contribution in [0.25, 0.3) is 0 Å². The summed E-state index contributed by atoms with van der Waals surface area (Å²) in [6.45, 7) is 8.77. The normalized spacial score (nSPS) is 15.2. The lowest BCUT2D eigenvalue weighted by Gasteiger charge is -2.16. The molecule has 1 aromatic rings. The zero-order valence-electron chi connectivity index (χ0n) is 10.3. The highest BCUT2D eigenvalue weighted by molar-refractivity contribution is 9.10. The molecule has 0 bridgehead atoms. The van der Waals surface area contributed by atoms with Gasteiger partial charge in [-0.05, 0) is 46.5 Å². The second-order valence-corrected chi connectivity index (χ2v) is 6.82. The summed E-state index contributed by atoms with van der Waals surface area (Å²) in [7, 11) is 0. The van der Waals surface area contributed by atoms with Crippen molar-refractivity contribution in [2.75, 3.05) is 0 Å². The summed E-state index contributed by atoms with van der Waals surface area (Å²) < 4.78 is 1.15. The molecule has 0 fully saturated rings. The molecule has 0 aromatic heterocycles. The van der Waals surface area contributed by atoms with Crippen molar-refractivity contribution in [3.05, 3.63) is 28.2 Å². The molecule has 0 aliphatic rings. The molecule has 0 aliphatic heterocycles. The van der Waals surface area contributed by atoms with Crippen LogP contribution in [0.4, 0.5) is 0 Å². The topological polar surface area (TPSA) is 26.0 Å². The Balaban J connectivity index is 2.83. The maximum Gasteiger partial charge on any atom is 0.0314 e. The van der Waals surface area contributed by atoms with Gasteiger partial charge in [-0.3, -0.25) is 0 Å².